The van der Waals surface area contributed by atoms with Gasteiger partial charge in [0.25, 0.3) is 11.8 Å². The maximum absolute atomic E-state index is 12.3. The molecule has 3 aromatic rings. The third kappa shape index (κ3) is 3.01. The molecule has 0 aliphatic carbocycles. The molecule has 6 nitrogen and oxygen atoms in total. The summed E-state index contributed by atoms with van der Waals surface area (Å²) in [6.07, 6.45) is 3.96. The maximum atomic E-state index is 12.3. The number of rotatable bonds is 5. The van der Waals surface area contributed by atoms with Crippen LogP contribution in [0.2, 0.25) is 0 Å². The van der Waals surface area contributed by atoms with Gasteiger partial charge in [-0.15, -0.1) is 11.3 Å². The highest BCUT2D eigenvalue weighted by molar-refractivity contribution is 7.13. The van der Waals surface area contributed by atoms with E-state index in [4.69, 9.17) is 0 Å². The molecule has 1 aliphatic rings. The molecule has 4 rings (SSSR count). The Balaban J connectivity index is 1.41. The van der Waals surface area contributed by atoms with Gasteiger partial charge in [0.1, 0.15) is 0 Å². The number of hydrogen-bond donors (Lipinski definition) is 1. The Morgan fingerprint density at radius 1 is 1.04 bits per heavy atom. The molecule has 0 spiro atoms. The molecule has 0 radical (unpaired) electrons. The minimum absolute atomic E-state index is 0.232. The van der Waals surface area contributed by atoms with E-state index >= 15 is 0 Å². The Morgan fingerprint density at radius 2 is 1.80 bits per heavy atom. The van der Waals surface area contributed by atoms with E-state index < -0.39 is 0 Å². The Labute approximate surface area is 148 Å². The molecule has 1 aromatic carbocycles. The number of nitrogens with zero attached hydrogens (tertiary/aromatic N) is 3. The summed E-state index contributed by atoms with van der Waals surface area (Å²) in [6.45, 7) is 0.322. The van der Waals surface area contributed by atoms with Crippen LogP contribution >= 0.6 is 11.3 Å². The number of carbonyl (C=O) groups is 2. The summed E-state index contributed by atoms with van der Waals surface area (Å²) >= 11 is 1.48. The molecular formula is C18H14N4O2S. The fraction of sp³-hybridized carbons (Fsp3) is 0.111. The van der Waals surface area contributed by atoms with E-state index in [0.29, 0.717) is 24.1 Å². The average molecular weight is 350 g/mol. The largest absolute Gasteiger partial charge is 0.330 e. The van der Waals surface area contributed by atoms with Gasteiger partial charge in [0, 0.05) is 24.5 Å². The number of anilines is 2. The molecule has 7 heteroatoms. The molecule has 1 aliphatic heterocycles. The second-order valence-corrected chi connectivity index (χ2v) is 6.43. The highest BCUT2D eigenvalue weighted by Gasteiger charge is 2.34. The van der Waals surface area contributed by atoms with E-state index in [0.717, 1.165) is 16.5 Å². The lowest BCUT2D eigenvalue weighted by Crippen LogP contribution is -2.31. The minimum atomic E-state index is -0.232. The van der Waals surface area contributed by atoms with E-state index in [9.17, 15) is 9.59 Å². The van der Waals surface area contributed by atoms with Crippen LogP contribution in [0.5, 0.6) is 0 Å². The Kier molecular flexibility index (Phi) is 3.99. The quantitative estimate of drug-likeness (QED) is 0.716. The third-order valence-corrected chi connectivity index (χ3v) is 4.74. The zero-order valence-corrected chi connectivity index (χ0v) is 14.0. The number of fused-ring (bicyclic) bond motifs is 1. The van der Waals surface area contributed by atoms with Crippen molar-refractivity contribution < 1.29 is 9.59 Å². The summed E-state index contributed by atoms with van der Waals surface area (Å²) in [5, 5.41) is 5.86. The lowest BCUT2D eigenvalue weighted by atomic mass is 10.1. The van der Waals surface area contributed by atoms with E-state index in [2.05, 4.69) is 15.3 Å². The van der Waals surface area contributed by atoms with Crippen molar-refractivity contribution in [3.05, 3.63) is 71.0 Å². The second-order valence-electron chi connectivity index (χ2n) is 5.57. The Hall–Kier alpha value is -3.06. The molecule has 0 unspecified atom stereocenters. The van der Waals surface area contributed by atoms with Gasteiger partial charge in [-0.05, 0) is 24.3 Å². The molecule has 3 heterocycles. The molecule has 2 aromatic heterocycles. The zero-order valence-electron chi connectivity index (χ0n) is 13.2. The predicted molar refractivity (Wildman–Crippen MR) is 95.1 cm³/mol. The predicted octanol–water partition coefficient (Wildman–Crippen LogP) is 3.12. The van der Waals surface area contributed by atoms with Gasteiger partial charge < -0.3 is 5.32 Å². The second kappa shape index (κ2) is 6.45. The van der Waals surface area contributed by atoms with Gasteiger partial charge in [0.15, 0.2) is 5.13 Å². The van der Waals surface area contributed by atoms with Crippen LogP contribution in [0.1, 0.15) is 26.4 Å². The number of thiazole rings is 1. The van der Waals surface area contributed by atoms with Crippen molar-refractivity contribution in [3.63, 3.8) is 0 Å². The van der Waals surface area contributed by atoms with Crippen LogP contribution in [0.4, 0.5) is 10.8 Å². The van der Waals surface area contributed by atoms with Crippen molar-refractivity contribution in [1.82, 2.24) is 14.9 Å². The molecule has 0 atom stereocenters. The first-order valence-electron chi connectivity index (χ1n) is 7.79. The average Bonchev–Trinajstić information content (AvgIpc) is 3.18. The minimum Gasteiger partial charge on any atom is -0.330 e. The standard InChI is InChI=1S/C18H14N4O2S/c23-16-14-5-1-2-6-15(14)17(24)22(16)9-7-13-11-25-18(21-13)20-12-4-3-8-19-10-12/h1-6,8,10-11H,7,9H2,(H,20,21). The van der Waals surface area contributed by atoms with Crippen molar-refractivity contribution in [1.29, 1.82) is 0 Å². The fourth-order valence-corrected chi connectivity index (χ4v) is 3.47. The van der Waals surface area contributed by atoms with Crippen LogP contribution in [0, 0.1) is 0 Å². The van der Waals surface area contributed by atoms with Crippen LogP contribution in [-0.4, -0.2) is 33.2 Å². The number of hydrogen-bond acceptors (Lipinski definition) is 6. The van der Waals surface area contributed by atoms with Gasteiger partial charge in [0.2, 0.25) is 0 Å². The first kappa shape index (κ1) is 15.5. The summed E-state index contributed by atoms with van der Waals surface area (Å²) in [4.78, 5) is 34.5. The van der Waals surface area contributed by atoms with Crippen molar-refractivity contribution in [2.24, 2.45) is 0 Å². The lowest BCUT2D eigenvalue weighted by Gasteiger charge is -2.12. The summed E-state index contributed by atoms with van der Waals surface area (Å²) < 4.78 is 0. The summed E-state index contributed by atoms with van der Waals surface area (Å²) in [6, 6.07) is 10.7. The van der Waals surface area contributed by atoms with E-state index in [-0.39, 0.29) is 11.8 Å². The summed E-state index contributed by atoms with van der Waals surface area (Å²) in [5.74, 6) is -0.464. The van der Waals surface area contributed by atoms with Gasteiger partial charge in [-0.25, -0.2) is 4.98 Å². The van der Waals surface area contributed by atoms with Gasteiger partial charge >= 0.3 is 0 Å². The number of aromatic nitrogens is 2. The molecule has 0 saturated heterocycles. The van der Waals surface area contributed by atoms with Crippen LogP contribution in [-0.2, 0) is 6.42 Å². The molecule has 124 valence electrons. The SMILES string of the molecule is O=C1c2ccccc2C(=O)N1CCc1csc(Nc2cccnc2)n1. The zero-order chi connectivity index (χ0) is 17.2. The Morgan fingerprint density at radius 3 is 2.48 bits per heavy atom. The molecule has 0 fully saturated rings. The van der Waals surface area contributed by atoms with Crippen molar-refractivity contribution in [2.75, 3.05) is 11.9 Å². The molecular weight excluding hydrogens is 336 g/mol. The van der Waals surface area contributed by atoms with Crippen molar-refractivity contribution in [2.45, 2.75) is 6.42 Å². The molecule has 25 heavy (non-hydrogen) atoms. The number of amides is 2. The van der Waals surface area contributed by atoms with Crippen LogP contribution in [0.25, 0.3) is 0 Å². The summed E-state index contributed by atoms with van der Waals surface area (Å²) in [5.41, 5.74) is 2.66. The topological polar surface area (TPSA) is 75.2 Å². The highest BCUT2D eigenvalue weighted by atomic mass is 32.1. The van der Waals surface area contributed by atoms with E-state index in [1.165, 1.54) is 16.2 Å². The monoisotopic (exact) mass is 350 g/mol. The number of nitrogens with one attached hydrogen (secondary N) is 1. The molecule has 0 bridgehead atoms. The fourth-order valence-electron chi connectivity index (χ4n) is 2.71. The normalized spacial score (nSPS) is 13.2. The molecule has 0 saturated carbocycles. The number of carbonyl (C=O) groups excluding carboxylic acids is 2. The lowest BCUT2D eigenvalue weighted by molar-refractivity contribution is 0.0656. The Bertz CT molecular complexity index is 904. The number of imide groups is 1. The van der Waals surface area contributed by atoms with Crippen LogP contribution in [0.3, 0.4) is 0 Å². The first-order valence-corrected chi connectivity index (χ1v) is 8.67. The van der Waals surface area contributed by atoms with Crippen molar-refractivity contribution >= 4 is 34.0 Å². The summed E-state index contributed by atoms with van der Waals surface area (Å²) in [7, 11) is 0. The van der Waals surface area contributed by atoms with E-state index in [1.54, 1.807) is 36.7 Å². The van der Waals surface area contributed by atoms with Gasteiger partial charge in [-0.1, -0.05) is 12.1 Å². The third-order valence-electron chi connectivity index (χ3n) is 3.93. The molecule has 1 N–H and O–H groups in total. The van der Waals surface area contributed by atoms with Crippen LogP contribution < -0.4 is 5.32 Å². The maximum Gasteiger partial charge on any atom is 0.261 e. The van der Waals surface area contributed by atoms with Gasteiger partial charge in [-0.3, -0.25) is 19.5 Å². The van der Waals surface area contributed by atoms with Gasteiger partial charge in [0.05, 0.1) is 28.7 Å². The van der Waals surface area contributed by atoms with Crippen LogP contribution in [0.15, 0.2) is 54.2 Å². The number of pyridine rings is 1. The van der Waals surface area contributed by atoms with E-state index in [1.807, 2.05) is 17.5 Å². The highest BCUT2D eigenvalue weighted by Crippen LogP contribution is 2.24. The smallest absolute Gasteiger partial charge is 0.261 e. The van der Waals surface area contributed by atoms with Gasteiger partial charge in [-0.2, -0.15) is 0 Å². The molecule has 2 amide bonds. The first-order chi connectivity index (χ1) is 12.2. The van der Waals surface area contributed by atoms with Crippen molar-refractivity contribution in [3.8, 4) is 0 Å². The number of benzene rings is 1.